The number of aromatic nitrogens is 2. The maximum absolute atomic E-state index is 5.96. The lowest BCUT2D eigenvalue weighted by molar-refractivity contribution is 0.143. The second-order valence-electron chi connectivity index (χ2n) is 4.51. The largest absolute Gasteiger partial charge is 0.384 e. The molecule has 0 radical (unpaired) electrons. The molecule has 0 saturated carbocycles. The van der Waals surface area contributed by atoms with E-state index in [1.807, 2.05) is 13.0 Å². The van der Waals surface area contributed by atoms with Crippen LogP contribution in [0.3, 0.4) is 0 Å². The third-order valence-corrected chi connectivity index (χ3v) is 3.23. The molecule has 0 aliphatic carbocycles. The molecule has 0 bridgehead atoms. The van der Waals surface area contributed by atoms with E-state index >= 15 is 0 Å². The van der Waals surface area contributed by atoms with Crippen molar-refractivity contribution in [3.8, 4) is 0 Å². The standard InChI is InChI=1S/C12H18ClN3O/c1-9-14-11(13)6-12(15-9)16-5-3-4-10(7-16)8-17-2/h6,10H,3-5,7-8H2,1-2H3/t10-/m1/s1. The van der Waals surface area contributed by atoms with Gasteiger partial charge in [-0.1, -0.05) is 11.6 Å². The number of anilines is 1. The molecule has 5 heteroatoms. The summed E-state index contributed by atoms with van der Waals surface area (Å²) in [5.74, 6) is 2.24. The number of halogens is 1. The number of aryl methyl sites for hydroxylation is 1. The monoisotopic (exact) mass is 255 g/mol. The normalized spacial score (nSPS) is 20.6. The van der Waals surface area contributed by atoms with E-state index in [2.05, 4.69) is 14.9 Å². The predicted octanol–water partition coefficient (Wildman–Crippen LogP) is 2.30. The summed E-state index contributed by atoms with van der Waals surface area (Å²) < 4.78 is 5.23. The van der Waals surface area contributed by atoms with E-state index in [4.69, 9.17) is 16.3 Å². The molecule has 1 fully saturated rings. The number of ether oxygens (including phenoxy) is 1. The molecule has 17 heavy (non-hydrogen) atoms. The molecule has 2 heterocycles. The molecular weight excluding hydrogens is 238 g/mol. The molecule has 94 valence electrons. The van der Waals surface area contributed by atoms with Crippen molar-refractivity contribution in [1.29, 1.82) is 0 Å². The zero-order chi connectivity index (χ0) is 12.3. The van der Waals surface area contributed by atoms with Crippen molar-refractivity contribution in [2.75, 3.05) is 31.7 Å². The van der Waals surface area contributed by atoms with Gasteiger partial charge in [0.15, 0.2) is 0 Å². The molecule has 0 amide bonds. The average molecular weight is 256 g/mol. The van der Waals surface area contributed by atoms with Gasteiger partial charge in [0.25, 0.3) is 0 Å². The zero-order valence-electron chi connectivity index (χ0n) is 10.3. The second kappa shape index (κ2) is 5.65. The van der Waals surface area contributed by atoms with Crippen molar-refractivity contribution in [3.05, 3.63) is 17.0 Å². The third-order valence-electron chi connectivity index (χ3n) is 3.04. The summed E-state index contributed by atoms with van der Waals surface area (Å²) in [6.45, 7) is 4.70. The number of piperidine rings is 1. The summed E-state index contributed by atoms with van der Waals surface area (Å²) in [7, 11) is 1.75. The van der Waals surface area contributed by atoms with Crippen LogP contribution in [0.15, 0.2) is 6.07 Å². The fraction of sp³-hybridized carbons (Fsp3) is 0.667. The Hall–Kier alpha value is -0.870. The molecule has 4 nitrogen and oxygen atoms in total. The van der Waals surface area contributed by atoms with E-state index in [0.29, 0.717) is 11.1 Å². The van der Waals surface area contributed by atoms with E-state index < -0.39 is 0 Å². The van der Waals surface area contributed by atoms with Gasteiger partial charge in [0.05, 0.1) is 6.61 Å². The van der Waals surface area contributed by atoms with Crippen molar-refractivity contribution in [2.24, 2.45) is 5.92 Å². The minimum atomic E-state index is 0.515. The van der Waals surface area contributed by atoms with Crippen molar-refractivity contribution in [1.82, 2.24) is 9.97 Å². The highest BCUT2D eigenvalue weighted by Gasteiger charge is 2.21. The van der Waals surface area contributed by atoms with Crippen LogP contribution in [0.1, 0.15) is 18.7 Å². The Labute approximate surface area is 107 Å². The Morgan fingerprint density at radius 1 is 1.53 bits per heavy atom. The zero-order valence-corrected chi connectivity index (χ0v) is 11.1. The van der Waals surface area contributed by atoms with E-state index in [0.717, 1.165) is 31.3 Å². The number of hydrogen-bond acceptors (Lipinski definition) is 4. The van der Waals surface area contributed by atoms with Crippen LogP contribution < -0.4 is 4.90 Å². The quantitative estimate of drug-likeness (QED) is 0.777. The summed E-state index contributed by atoms with van der Waals surface area (Å²) in [5.41, 5.74) is 0. The van der Waals surface area contributed by atoms with Crippen LogP contribution in [0.25, 0.3) is 0 Å². The Balaban J connectivity index is 2.10. The molecule has 0 unspecified atom stereocenters. The topological polar surface area (TPSA) is 38.2 Å². The van der Waals surface area contributed by atoms with Crippen molar-refractivity contribution in [2.45, 2.75) is 19.8 Å². The highest BCUT2D eigenvalue weighted by atomic mass is 35.5. The Kier molecular flexibility index (Phi) is 4.18. The van der Waals surface area contributed by atoms with Crippen LogP contribution >= 0.6 is 11.6 Å². The first-order chi connectivity index (χ1) is 8.19. The van der Waals surface area contributed by atoms with Gasteiger partial charge in [0, 0.05) is 26.3 Å². The Morgan fingerprint density at radius 3 is 3.06 bits per heavy atom. The summed E-state index contributed by atoms with van der Waals surface area (Å²) in [6.07, 6.45) is 2.40. The SMILES string of the molecule is COC[C@@H]1CCCN(c2cc(Cl)nc(C)n2)C1. The highest BCUT2D eigenvalue weighted by molar-refractivity contribution is 6.29. The minimum absolute atomic E-state index is 0.515. The predicted molar refractivity (Wildman–Crippen MR) is 68.6 cm³/mol. The molecular formula is C12H18ClN3O. The lowest BCUT2D eigenvalue weighted by Gasteiger charge is -2.33. The Morgan fingerprint density at radius 2 is 2.35 bits per heavy atom. The van der Waals surface area contributed by atoms with Crippen LogP contribution in [0.4, 0.5) is 5.82 Å². The maximum Gasteiger partial charge on any atom is 0.134 e. The van der Waals surface area contributed by atoms with Gasteiger partial charge < -0.3 is 9.64 Å². The minimum Gasteiger partial charge on any atom is -0.384 e. The van der Waals surface area contributed by atoms with Crippen LogP contribution in [-0.2, 0) is 4.74 Å². The van der Waals surface area contributed by atoms with Gasteiger partial charge in [-0.25, -0.2) is 9.97 Å². The fourth-order valence-corrected chi connectivity index (χ4v) is 2.54. The van der Waals surface area contributed by atoms with Crippen LogP contribution in [0.2, 0.25) is 5.15 Å². The van der Waals surface area contributed by atoms with E-state index in [9.17, 15) is 0 Å². The first kappa shape index (κ1) is 12.6. The van der Waals surface area contributed by atoms with E-state index in [1.54, 1.807) is 7.11 Å². The molecule has 1 aromatic heterocycles. The maximum atomic E-state index is 5.96. The lowest BCUT2D eigenvalue weighted by Crippen LogP contribution is -2.37. The number of nitrogens with zero attached hydrogens (tertiary/aromatic N) is 3. The van der Waals surface area contributed by atoms with Gasteiger partial charge in [-0.2, -0.15) is 0 Å². The van der Waals surface area contributed by atoms with Gasteiger partial charge in [-0.05, 0) is 25.7 Å². The van der Waals surface area contributed by atoms with Crippen LogP contribution in [-0.4, -0.2) is 36.8 Å². The lowest BCUT2D eigenvalue weighted by atomic mass is 9.99. The second-order valence-corrected chi connectivity index (χ2v) is 4.89. The molecule has 2 rings (SSSR count). The smallest absolute Gasteiger partial charge is 0.134 e. The molecule has 1 aromatic rings. The number of rotatable bonds is 3. The molecule has 1 aliphatic heterocycles. The summed E-state index contributed by atoms with van der Waals surface area (Å²) >= 11 is 5.96. The highest BCUT2D eigenvalue weighted by Crippen LogP contribution is 2.23. The van der Waals surface area contributed by atoms with E-state index in [1.165, 1.54) is 12.8 Å². The molecule has 1 saturated heterocycles. The summed E-state index contributed by atoms with van der Waals surface area (Å²) in [6, 6.07) is 1.84. The van der Waals surface area contributed by atoms with Crippen molar-refractivity contribution in [3.63, 3.8) is 0 Å². The van der Waals surface area contributed by atoms with Gasteiger partial charge in [0.1, 0.15) is 16.8 Å². The molecule has 0 spiro atoms. The van der Waals surface area contributed by atoms with Gasteiger partial charge in [-0.15, -0.1) is 0 Å². The molecule has 0 N–H and O–H groups in total. The number of methoxy groups -OCH3 is 1. The van der Waals surface area contributed by atoms with Gasteiger partial charge in [-0.3, -0.25) is 0 Å². The summed E-state index contributed by atoms with van der Waals surface area (Å²) in [5, 5.41) is 0.515. The molecule has 0 aromatic carbocycles. The average Bonchev–Trinajstić information content (AvgIpc) is 2.28. The fourth-order valence-electron chi connectivity index (χ4n) is 2.32. The van der Waals surface area contributed by atoms with E-state index in [-0.39, 0.29) is 0 Å². The number of hydrogen-bond donors (Lipinski definition) is 0. The molecule has 1 aliphatic rings. The van der Waals surface area contributed by atoms with Gasteiger partial charge in [0.2, 0.25) is 0 Å². The Bertz CT molecular complexity index is 364. The first-order valence-corrected chi connectivity index (χ1v) is 6.32. The summed E-state index contributed by atoms with van der Waals surface area (Å²) in [4.78, 5) is 10.8. The van der Waals surface area contributed by atoms with Crippen molar-refractivity contribution < 1.29 is 4.74 Å². The van der Waals surface area contributed by atoms with Crippen LogP contribution in [0.5, 0.6) is 0 Å². The van der Waals surface area contributed by atoms with Gasteiger partial charge >= 0.3 is 0 Å². The first-order valence-electron chi connectivity index (χ1n) is 5.94. The molecule has 1 atom stereocenters. The van der Waals surface area contributed by atoms with Crippen LogP contribution in [0, 0.1) is 12.8 Å². The third kappa shape index (κ3) is 3.30. The van der Waals surface area contributed by atoms with Crippen molar-refractivity contribution >= 4 is 17.4 Å².